The Hall–Kier alpha value is -2.18. The maximum Gasteiger partial charge on any atom is 0.171 e. The Morgan fingerprint density at radius 2 is 1.83 bits per heavy atom. The Morgan fingerprint density at radius 3 is 2.53 bits per heavy atom. The number of hydrogen-bond donors (Lipinski definition) is 3. The van der Waals surface area contributed by atoms with Crippen LogP contribution in [-0.2, 0) is 13.0 Å². The molecule has 0 bridgehead atoms. The topological polar surface area (TPSA) is 61.7 Å². The van der Waals surface area contributed by atoms with Crippen LogP contribution in [0.3, 0.4) is 0 Å². The van der Waals surface area contributed by atoms with Gasteiger partial charge in [-0.1, -0.05) is 65.8 Å². The first-order valence-corrected chi connectivity index (χ1v) is 10.9. The van der Waals surface area contributed by atoms with Gasteiger partial charge in [-0.25, -0.2) is 0 Å². The number of benzene rings is 3. The summed E-state index contributed by atoms with van der Waals surface area (Å²) in [4.78, 5) is 1.86. The lowest BCUT2D eigenvalue weighted by atomic mass is 10.1. The zero-order valence-electron chi connectivity index (χ0n) is 16.7. The molecular weight excluding hydrogens is 418 g/mol. The SMILES string of the molecule is [CH2]Cc1ccc(Sc2cccc(OCc3ccccc3)c2)c(NC(C)C(O)O)c1Cl. The molecule has 1 unspecified atom stereocenters. The zero-order chi connectivity index (χ0) is 21.5. The molecule has 0 aromatic heterocycles. The highest BCUT2D eigenvalue weighted by molar-refractivity contribution is 7.99. The molecule has 1 radical (unpaired) electrons. The summed E-state index contributed by atoms with van der Waals surface area (Å²) in [6, 6.07) is 21.2. The third kappa shape index (κ3) is 5.92. The van der Waals surface area contributed by atoms with E-state index in [4.69, 9.17) is 16.3 Å². The first kappa shape index (κ1) is 22.5. The van der Waals surface area contributed by atoms with Crippen LogP contribution in [0, 0.1) is 6.92 Å². The highest BCUT2D eigenvalue weighted by atomic mass is 35.5. The van der Waals surface area contributed by atoms with Gasteiger partial charge < -0.3 is 20.3 Å². The fraction of sp³-hybridized carbons (Fsp3) is 0.208. The third-order valence-electron chi connectivity index (χ3n) is 4.55. The summed E-state index contributed by atoms with van der Waals surface area (Å²) < 4.78 is 5.93. The Morgan fingerprint density at radius 1 is 1.07 bits per heavy atom. The van der Waals surface area contributed by atoms with Gasteiger partial charge in [-0.3, -0.25) is 0 Å². The molecule has 4 nitrogen and oxygen atoms in total. The molecule has 157 valence electrons. The molecule has 0 spiro atoms. The van der Waals surface area contributed by atoms with Crippen LogP contribution in [0.4, 0.5) is 5.69 Å². The van der Waals surface area contributed by atoms with Crippen LogP contribution < -0.4 is 10.1 Å². The van der Waals surface area contributed by atoms with Gasteiger partial charge in [0.05, 0.1) is 16.8 Å². The lowest BCUT2D eigenvalue weighted by Crippen LogP contribution is -2.30. The molecular formula is C24H25ClNO3S. The van der Waals surface area contributed by atoms with Gasteiger partial charge in [0.1, 0.15) is 12.4 Å². The number of anilines is 1. The second-order valence-corrected chi connectivity index (χ2v) is 8.35. The lowest BCUT2D eigenvalue weighted by Gasteiger charge is -2.21. The molecule has 0 saturated heterocycles. The summed E-state index contributed by atoms with van der Waals surface area (Å²) in [6.45, 7) is 6.09. The maximum absolute atomic E-state index is 9.48. The minimum atomic E-state index is -1.50. The average molecular weight is 443 g/mol. The van der Waals surface area contributed by atoms with E-state index in [1.807, 2.05) is 66.7 Å². The third-order valence-corrected chi connectivity index (χ3v) is 6.04. The molecule has 0 amide bonds. The van der Waals surface area contributed by atoms with Gasteiger partial charge in [-0.05, 0) is 55.7 Å². The number of ether oxygens (including phenoxy) is 1. The number of hydrogen-bond acceptors (Lipinski definition) is 5. The van der Waals surface area contributed by atoms with Crippen molar-refractivity contribution in [1.29, 1.82) is 0 Å². The van der Waals surface area contributed by atoms with E-state index in [0.717, 1.165) is 26.7 Å². The Bertz CT molecular complexity index is 966. The number of aliphatic hydroxyl groups excluding tert-OH is 1. The molecule has 30 heavy (non-hydrogen) atoms. The molecule has 0 saturated carbocycles. The van der Waals surface area contributed by atoms with Gasteiger partial charge in [0.2, 0.25) is 0 Å². The van der Waals surface area contributed by atoms with Crippen LogP contribution >= 0.6 is 23.4 Å². The molecule has 0 aliphatic carbocycles. The van der Waals surface area contributed by atoms with E-state index in [9.17, 15) is 10.2 Å². The van der Waals surface area contributed by atoms with Crippen LogP contribution in [0.15, 0.2) is 76.5 Å². The molecule has 0 heterocycles. The van der Waals surface area contributed by atoms with Crippen molar-refractivity contribution in [3.63, 3.8) is 0 Å². The first-order valence-electron chi connectivity index (χ1n) is 9.66. The van der Waals surface area contributed by atoms with E-state index in [0.29, 0.717) is 23.7 Å². The normalized spacial score (nSPS) is 12.1. The van der Waals surface area contributed by atoms with E-state index in [2.05, 4.69) is 12.2 Å². The lowest BCUT2D eigenvalue weighted by molar-refractivity contribution is -0.0492. The first-order chi connectivity index (χ1) is 14.5. The molecule has 0 aliphatic rings. The molecule has 6 heteroatoms. The van der Waals surface area contributed by atoms with Crippen molar-refractivity contribution in [3.05, 3.63) is 89.8 Å². The predicted molar refractivity (Wildman–Crippen MR) is 123 cm³/mol. The standard InChI is InChI=1S/C24H25ClNO3S/c1-3-18-12-13-21(23(22(18)25)26-16(2)24(27)28)30-20-11-7-10-19(14-20)29-15-17-8-5-4-6-9-17/h4-14,16,24,26-28H,1,3,15H2,2H3. The highest BCUT2D eigenvalue weighted by Crippen LogP contribution is 2.40. The number of aliphatic hydroxyl groups is 2. The monoisotopic (exact) mass is 442 g/mol. The summed E-state index contributed by atoms with van der Waals surface area (Å²) in [5, 5.41) is 22.6. The van der Waals surface area contributed by atoms with Crippen LogP contribution in [0.1, 0.15) is 18.1 Å². The van der Waals surface area contributed by atoms with E-state index in [1.54, 1.807) is 6.92 Å². The second kappa shape index (κ2) is 10.7. The smallest absolute Gasteiger partial charge is 0.171 e. The molecule has 3 aromatic rings. The van der Waals surface area contributed by atoms with Gasteiger partial charge >= 0.3 is 0 Å². The van der Waals surface area contributed by atoms with Crippen molar-refractivity contribution in [1.82, 2.24) is 0 Å². The van der Waals surface area contributed by atoms with Gasteiger partial charge in [0, 0.05) is 9.79 Å². The fourth-order valence-corrected chi connectivity index (χ4v) is 4.16. The molecule has 0 aliphatic heterocycles. The van der Waals surface area contributed by atoms with Crippen molar-refractivity contribution >= 4 is 29.1 Å². The summed E-state index contributed by atoms with van der Waals surface area (Å²) >= 11 is 8.10. The van der Waals surface area contributed by atoms with E-state index in [-0.39, 0.29) is 0 Å². The fourth-order valence-electron chi connectivity index (χ4n) is 2.81. The van der Waals surface area contributed by atoms with Gasteiger partial charge in [-0.2, -0.15) is 0 Å². The second-order valence-electron chi connectivity index (χ2n) is 6.86. The quantitative estimate of drug-likeness (QED) is 0.379. The summed E-state index contributed by atoms with van der Waals surface area (Å²) in [5.41, 5.74) is 2.66. The van der Waals surface area contributed by atoms with Crippen LogP contribution in [0.25, 0.3) is 0 Å². The summed E-state index contributed by atoms with van der Waals surface area (Å²) in [5.74, 6) is 0.776. The largest absolute Gasteiger partial charge is 0.489 e. The van der Waals surface area contributed by atoms with Crippen molar-refractivity contribution in [2.45, 2.75) is 42.1 Å². The van der Waals surface area contributed by atoms with Crippen LogP contribution in [0.2, 0.25) is 5.02 Å². The summed E-state index contributed by atoms with van der Waals surface area (Å²) in [6.07, 6.45) is -0.964. The molecule has 3 rings (SSSR count). The minimum absolute atomic E-state index is 0.498. The molecule has 3 aromatic carbocycles. The highest BCUT2D eigenvalue weighted by Gasteiger charge is 2.17. The Labute approximate surface area is 186 Å². The molecule has 0 fully saturated rings. The molecule has 3 N–H and O–H groups in total. The maximum atomic E-state index is 9.48. The van der Waals surface area contributed by atoms with E-state index in [1.165, 1.54) is 11.8 Å². The molecule has 1 atom stereocenters. The van der Waals surface area contributed by atoms with Crippen molar-refractivity contribution < 1.29 is 14.9 Å². The van der Waals surface area contributed by atoms with Gasteiger partial charge in [0.15, 0.2) is 6.29 Å². The van der Waals surface area contributed by atoms with Crippen LogP contribution in [0.5, 0.6) is 5.75 Å². The Kier molecular flexibility index (Phi) is 8.05. The summed E-state index contributed by atoms with van der Waals surface area (Å²) in [7, 11) is 0. The average Bonchev–Trinajstić information content (AvgIpc) is 2.75. The number of halogens is 1. The van der Waals surface area contributed by atoms with Crippen molar-refractivity contribution in [2.75, 3.05) is 5.32 Å². The minimum Gasteiger partial charge on any atom is -0.489 e. The number of rotatable bonds is 9. The van der Waals surface area contributed by atoms with Gasteiger partial charge in [0.25, 0.3) is 0 Å². The predicted octanol–water partition coefficient (Wildman–Crippen LogP) is 5.56. The van der Waals surface area contributed by atoms with Crippen LogP contribution in [-0.4, -0.2) is 22.5 Å². The van der Waals surface area contributed by atoms with E-state index >= 15 is 0 Å². The Balaban J connectivity index is 1.80. The van der Waals surface area contributed by atoms with Crippen molar-refractivity contribution in [2.24, 2.45) is 0 Å². The zero-order valence-corrected chi connectivity index (χ0v) is 18.3. The van der Waals surface area contributed by atoms with E-state index < -0.39 is 12.3 Å². The van der Waals surface area contributed by atoms with Crippen molar-refractivity contribution in [3.8, 4) is 5.75 Å². The van der Waals surface area contributed by atoms with Gasteiger partial charge in [-0.15, -0.1) is 0 Å². The number of nitrogens with one attached hydrogen (secondary N) is 1.